The fraction of sp³-hybridized carbons (Fsp3) is 0.222. The van der Waals surface area contributed by atoms with Gasteiger partial charge in [0.25, 0.3) is 5.24 Å². The van der Waals surface area contributed by atoms with Gasteiger partial charge in [-0.3, -0.25) is 4.79 Å². The van der Waals surface area contributed by atoms with Crippen LogP contribution in [0.1, 0.15) is 10.4 Å². The minimum absolute atomic E-state index is 0.0294. The van der Waals surface area contributed by atoms with Crippen LogP contribution in [0.4, 0.5) is 8.78 Å². The molecule has 1 aromatic carbocycles. The van der Waals surface area contributed by atoms with E-state index >= 15 is 0 Å². The first-order valence-electron chi connectivity index (χ1n) is 3.88. The van der Waals surface area contributed by atoms with Crippen LogP contribution in [0.3, 0.4) is 0 Å². The van der Waals surface area contributed by atoms with Crippen molar-refractivity contribution in [2.75, 3.05) is 7.11 Å². The number of carbonyl (C=O) groups excluding carboxylic acids is 1. The summed E-state index contributed by atoms with van der Waals surface area (Å²) in [7, 11) is 1.27. The van der Waals surface area contributed by atoms with E-state index in [0.29, 0.717) is 0 Å². The van der Waals surface area contributed by atoms with Crippen molar-refractivity contribution in [2.24, 2.45) is 0 Å². The third-order valence-corrected chi connectivity index (χ3v) is 1.82. The summed E-state index contributed by atoms with van der Waals surface area (Å²) >= 11 is 5.20. The molecule has 0 amide bonds. The molecule has 0 heterocycles. The molecule has 0 aromatic heterocycles. The molecule has 82 valence electrons. The molecule has 0 bridgehead atoms. The molecule has 0 aliphatic heterocycles. The molecular formula is C9H7ClF2O3. The lowest BCUT2D eigenvalue weighted by atomic mass is 10.2. The van der Waals surface area contributed by atoms with Crippen LogP contribution in [0.25, 0.3) is 0 Å². The van der Waals surface area contributed by atoms with Gasteiger partial charge in [-0.1, -0.05) is 6.07 Å². The van der Waals surface area contributed by atoms with E-state index in [1.54, 1.807) is 0 Å². The summed E-state index contributed by atoms with van der Waals surface area (Å²) in [6.07, 6.45) is 0. The highest BCUT2D eigenvalue weighted by molar-refractivity contribution is 6.68. The maximum absolute atomic E-state index is 12.0. The normalized spacial score (nSPS) is 10.2. The number of para-hydroxylation sites is 1. The summed E-state index contributed by atoms with van der Waals surface area (Å²) in [5.74, 6) is -0.322. The van der Waals surface area contributed by atoms with E-state index in [1.807, 2.05) is 0 Å². The number of ether oxygens (including phenoxy) is 2. The molecule has 0 N–H and O–H groups in total. The van der Waals surface area contributed by atoms with Crippen LogP contribution in [0.15, 0.2) is 18.2 Å². The van der Waals surface area contributed by atoms with E-state index in [2.05, 4.69) is 4.74 Å². The number of methoxy groups -OCH3 is 1. The van der Waals surface area contributed by atoms with Gasteiger partial charge in [-0.25, -0.2) is 0 Å². The second-order valence-electron chi connectivity index (χ2n) is 2.49. The zero-order chi connectivity index (χ0) is 11.4. The number of hydrogen-bond donors (Lipinski definition) is 0. The highest BCUT2D eigenvalue weighted by Crippen LogP contribution is 2.33. The molecule has 0 saturated carbocycles. The van der Waals surface area contributed by atoms with Gasteiger partial charge in [-0.05, 0) is 23.7 Å². The van der Waals surface area contributed by atoms with Crippen molar-refractivity contribution < 1.29 is 23.0 Å². The molecule has 0 atom stereocenters. The van der Waals surface area contributed by atoms with Crippen molar-refractivity contribution in [1.29, 1.82) is 0 Å². The second-order valence-corrected chi connectivity index (χ2v) is 2.83. The number of carbonyl (C=O) groups is 1. The lowest BCUT2D eigenvalue weighted by Gasteiger charge is -2.11. The molecule has 0 radical (unpaired) electrons. The number of halogens is 3. The third-order valence-electron chi connectivity index (χ3n) is 1.62. The first kappa shape index (κ1) is 11.7. The Hall–Kier alpha value is -1.36. The van der Waals surface area contributed by atoms with Crippen LogP contribution in [0.2, 0.25) is 0 Å². The summed E-state index contributed by atoms with van der Waals surface area (Å²) in [4.78, 5) is 10.9. The van der Waals surface area contributed by atoms with Gasteiger partial charge < -0.3 is 9.47 Å². The largest absolute Gasteiger partial charge is 0.493 e. The molecular weight excluding hydrogens is 230 g/mol. The average molecular weight is 237 g/mol. The number of hydrogen-bond acceptors (Lipinski definition) is 3. The molecule has 0 saturated heterocycles. The second kappa shape index (κ2) is 4.93. The van der Waals surface area contributed by atoms with E-state index in [-0.39, 0.29) is 17.1 Å². The van der Waals surface area contributed by atoms with Crippen LogP contribution in [-0.4, -0.2) is 19.0 Å². The van der Waals surface area contributed by atoms with Gasteiger partial charge in [0.15, 0.2) is 11.5 Å². The van der Waals surface area contributed by atoms with E-state index in [1.165, 1.54) is 25.3 Å². The highest BCUT2D eigenvalue weighted by Gasteiger charge is 2.18. The Kier molecular flexibility index (Phi) is 3.85. The highest BCUT2D eigenvalue weighted by atomic mass is 35.5. The quantitative estimate of drug-likeness (QED) is 0.754. The van der Waals surface area contributed by atoms with E-state index in [0.717, 1.165) is 0 Å². The number of alkyl halides is 2. The van der Waals surface area contributed by atoms with Crippen LogP contribution in [-0.2, 0) is 0 Å². The fourth-order valence-electron chi connectivity index (χ4n) is 1.04. The van der Waals surface area contributed by atoms with Crippen LogP contribution < -0.4 is 9.47 Å². The SMILES string of the molecule is COc1cccc(C(=O)Cl)c1OC(F)F. The van der Waals surface area contributed by atoms with Crippen LogP contribution >= 0.6 is 11.6 Å². The van der Waals surface area contributed by atoms with Crippen molar-refractivity contribution in [3.05, 3.63) is 23.8 Å². The molecule has 0 aliphatic rings. The average Bonchev–Trinajstić information content (AvgIpc) is 2.16. The zero-order valence-corrected chi connectivity index (χ0v) is 8.42. The van der Waals surface area contributed by atoms with Gasteiger partial charge in [0, 0.05) is 0 Å². The van der Waals surface area contributed by atoms with Gasteiger partial charge >= 0.3 is 6.61 Å². The van der Waals surface area contributed by atoms with Crippen molar-refractivity contribution in [2.45, 2.75) is 6.61 Å². The Labute approximate surface area is 89.5 Å². The summed E-state index contributed by atoms with van der Waals surface area (Å²) in [5, 5.41) is -0.885. The minimum atomic E-state index is -3.05. The van der Waals surface area contributed by atoms with Gasteiger partial charge in [0.05, 0.1) is 12.7 Å². The molecule has 0 spiro atoms. The van der Waals surface area contributed by atoms with Crippen molar-refractivity contribution in [3.63, 3.8) is 0 Å². The molecule has 0 unspecified atom stereocenters. The standard InChI is InChI=1S/C9H7ClF2O3/c1-14-6-4-2-3-5(8(10)13)7(6)15-9(11)12/h2-4,9H,1H3. The van der Waals surface area contributed by atoms with Gasteiger partial charge in [0.1, 0.15) is 0 Å². The number of rotatable bonds is 4. The first-order chi connectivity index (χ1) is 7.06. The maximum Gasteiger partial charge on any atom is 0.387 e. The first-order valence-corrected chi connectivity index (χ1v) is 4.25. The molecule has 15 heavy (non-hydrogen) atoms. The van der Waals surface area contributed by atoms with Crippen LogP contribution in [0, 0.1) is 0 Å². The van der Waals surface area contributed by atoms with E-state index in [9.17, 15) is 13.6 Å². The third kappa shape index (κ3) is 2.79. The number of benzene rings is 1. The summed E-state index contributed by atoms with van der Waals surface area (Å²) in [5.41, 5.74) is -0.156. The fourth-order valence-corrected chi connectivity index (χ4v) is 1.19. The summed E-state index contributed by atoms with van der Waals surface area (Å²) in [6.45, 7) is -3.05. The summed E-state index contributed by atoms with van der Waals surface area (Å²) < 4.78 is 33.0. The predicted molar refractivity (Wildman–Crippen MR) is 49.8 cm³/mol. The van der Waals surface area contributed by atoms with Gasteiger partial charge in [-0.2, -0.15) is 8.78 Å². The van der Waals surface area contributed by atoms with Crippen LogP contribution in [0.5, 0.6) is 11.5 Å². The monoisotopic (exact) mass is 236 g/mol. The zero-order valence-electron chi connectivity index (χ0n) is 7.67. The molecule has 1 aromatic rings. The van der Waals surface area contributed by atoms with Crippen molar-refractivity contribution in [1.82, 2.24) is 0 Å². The van der Waals surface area contributed by atoms with E-state index in [4.69, 9.17) is 16.3 Å². The van der Waals surface area contributed by atoms with E-state index < -0.39 is 11.9 Å². The van der Waals surface area contributed by atoms with Crippen molar-refractivity contribution in [3.8, 4) is 11.5 Å². The predicted octanol–water partition coefficient (Wildman–Crippen LogP) is 2.68. The molecule has 1 rings (SSSR count). The molecule has 0 fully saturated rings. The Balaban J connectivity index is 3.20. The topological polar surface area (TPSA) is 35.5 Å². The van der Waals surface area contributed by atoms with Gasteiger partial charge in [-0.15, -0.1) is 0 Å². The van der Waals surface area contributed by atoms with Crippen molar-refractivity contribution >= 4 is 16.8 Å². The molecule has 0 aliphatic carbocycles. The lowest BCUT2D eigenvalue weighted by Crippen LogP contribution is -2.07. The minimum Gasteiger partial charge on any atom is -0.493 e. The molecule has 3 nitrogen and oxygen atoms in total. The Morgan fingerprint density at radius 3 is 2.60 bits per heavy atom. The molecule has 6 heteroatoms. The van der Waals surface area contributed by atoms with Gasteiger partial charge in [0.2, 0.25) is 0 Å². The smallest absolute Gasteiger partial charge is 0.387 e. The summed E-state index contributed by atoms with van der Waals surface area (Å²) in [6, 6.07) is 4.11. The Morgan fingerprint density at radius 2 is 2.13 bits per heavy atom. The Morgan fingerprint density at radius 1 is 1.47 bits per heavy atom. The lowest BCUT2D eigenvalue weighted by molar-refractivity contribution is -0.0514. The maximum atomic E-state index is 12.0. The Bertz CT molecular complexity index is 368.